The minimum Gasteiger partial charge on any atom is -0.316 e. The standard InChI is InChI=1S/C16H23N/c1-2-12-11-17-10-9-15(12)16-6-4-3-5-14(16)13-7-8-13/h3-6,12-13,15,17H,2,7-11H2,1H3. The van der Waals surface area contributed by atoms with Gasteiger partial charge in [-0.15, -0.1) is 0 Å². The quantitative estimate of drug-likeness (QED) is 0.834. The van der Waals surface area contributed by atoms with Crippen LogP contribution in [0.2, 0.25) is 0 Å². The second-order valence-electron chi connectivity index (χ2n) is 5.67. The van der Waals surface area contributed by atoms with Gasteiger partial charge >= 0.3 is 0 Å². The lowest BCUT2D eigenvalue weighted by Gasteiger charge is -2.33. The molecule has 1 saturated heterocycles. The molecule has 2 unspecified atom stereocenters. The Kier molecular flexibility index (Phi) is 3.19. The fourth-order valence-corrected chi connectivity index (χ4v) is 3.38. The van der Waals surface area contributed by atoms with Gasteiger partial charge in [0.05, 0.1) is 0 Å². The van der Waals surface area contributed by atoms with Crippen molar-refractivity contribution < 1.29 is 0 Å². The maximum atomic E-state index is 3.55. The third-order valence-electron chi connectivity index (χ3n) is 4.54. The van der Waals surface area contributed by atoms with E-state index in [0.29, 0.717) is 0 Å². The molecule has 3 rings (SSSR count). The molecular formula is C16H23N. The van der Waals surface area contributed by atoms with E-state index in [1.165, 1.54) is 38.8 Å². The van der Waals surface area contributed by atoms with E-state index in [1.54, 1.807) is 11.1 Å². The molecule has 1 aliphatic carbocycles. The van der Waals surface area contributed by atoms with Crippen molar-refractivity contribution in [3.8, 4) is 0 Å². The number of hydrogen-bond donors (Lipinski definition) is 1. The summed E-state index contributed by atoms with van der Waals surface area (Å²) in [5.41, 5.74) is 3.33. The lowest BCUT2D eigenvalue weighted by Crippen LogP contribution is -2.35. The fourth-order valence-electron chi connectivity index (χ4n) is 3.38. The zero-order valence-corrected chi connectivity index (χ0v) is 10.8. The van der Waals surface area contributed by atoms with E-state index in [4.69, 9.17) is 0 Å². The SMILES string of the molecule is CCC1CNCCC1c1ccccc1C1CC1. The Morgan fingerprint density at radius 2 is 1.88 bits per heavy atom. The lowest BCUT2D eigenvalue weighted by molar-refractivity contribution is 0.316. The highest BCUT2D eigenvalue weighted by Gasteiger charge is 2.31. The number of rotatable bonds is 3. The first-order valence-corrected chi connectivity index (χ1v) is 7.19. The molecule has 1 N–H and O–H groups in total. The molecule has 1 aliphatic heterocycles. The van der Waals surface area contributed by atoms with Crippen molar-refractivity contribution in [3.05, 3.63) is 35.4 Å². The predicted molar refractivity (Wildman–Crippen MR) is 72.4 cm³/mol. The number of nitrogens with one attached hydrogen (secondary N) is 1. The van der Waals surface area contributed by atoms with Crippen LogP contribution in [0, 0.1) is 5.92 Å². The van der Waals surface area contributed by atoms with Gasteiger partial charge in [0.15, 0.2) is 0 Å². The Hall–Kier alpha value is -0.820. The molecule has 1 aromatic carbocycles. The summed E-state index contributed by atoms with van der Waals surface area (Å²) in [5, 5.41) is 3.55. The summed E-state index contributed by atoms with van der Waals surface area (Å²) in [4.78, 5) is 0. The normalized spacial score (nSPS) is 29.2. The zero-order valence-electron chi connectivity index (χ0n) is 10.8. The largest absolute Gasteiger partial charge is 0.316 e. The van der Waals surface area contributed by atoms with Crippen molar-refractivity contribution in [3.63, 3.8) is 0 Å². The molecule has 92 valence electrons. The van der Waals surface area contributed by atoms with Gasteiger partial charge in [-0.25, -0.2) is 0 Å². The number of piperidine rings is 1. The average molecular weight is 229 g/mol. The van der Waals surface area contributed by atoms with Crippen molar-refractivity contribution in [1.82, 2.24) is 5.32 Å². The van der Waals surface area contributed by atoms with E-state index in [1.807, 2.05) is 0 Å². The Bertz CT molecular complexity index is 381. The highest BCUT2D eigenvalue weighted by molar-refractivity contribution is 5.36. The topological polar surface area (TPSA) is 12.0 Å². The average Bonchev–Trinajstić information content (AvgIpc) is 3.23. The van der Waals surface area contributed by atoms with Gasteiger partial charge in [0.1, 0.15) is 0 Å². The van der Waals surface area contributed by atoms with Crippen LogP contribution in [0.1, 0.15) is 55.6 Å². The molecule has 2 fully saturated rings. The Labute approximate surface area is 105 Å². The summed E-state index contributed by atoms with van der Waals surface area (Å²) < 4.78 is 0. The first kappa shape index (κ1) is 11.3. The van der Waals surface area contributed by atoms with E-state index < -0.39 is 0 Å². The molecule has 0 aromatic heterocycles. The Balaban J connectivity index is 1.90. The highest BCUT2D eigenvalue weighted by Crippen LogP contribution is 2.45. The van der Waals surface area contributed by atoms with E-state index in [0.717, 1.165) is 17.8 Å². The zero-order chi connectivity index (χ0) is 11.7. The van der Waals surface area contributed by atoms with Crippen molar-refractivity contribution in [2.75, 3.05) is 13.1 Å². The van der Waals surface area contributed by atoms with Gasteiger partial charge in [-0.3, -0.25) is 0 Å². The molecule has 1 heteroatoms. The van der Waals surface area contributed by atoms with Gasteiger partial charge in [-0.2, -0.15) is 0 Å². The molecular weight excluding hydrogens is 206 g/mol. The van der Waals surface area contributed by atoms with Crippen LogP contribution in [-0.4, -0.2) is 13.1 Å². The first-order valence-electron chi connectivity index (χ1n) is 7.19. The summed E-state index contributed by atoms with van der Waals surface area (Å²) in [6.07, 6.45) is 5.45. The van der Waals surface area contributed by atoms with Crippen LogP contribution in [0.4, 0.5) is 0 Å². The molecule has 0 bridgehead atoms. The van der Waals surface area contributed by atoms with Crippen molar-refractivity contribution in [2.24, 2.45) is 5.92 Å². The molecule has 1 nitrogen and oxygen atoms in total. The van der Waals surface area contributed by atoms with E-state index in [9.17, 15) is 0 Å². The van der Waals surface area contributed by atoms with Gasteiger partial charge in [0.2, 0.25) is 0 Å². The molecule has 1 saturated carbocycles. The predicted octanol–water partition coefficient (Wildman–Crippen LogP) is 3.67. The summed E-state index contributed by atoms with van der Waals surface area (Å²) in [6.45, 7) is 4.74. The van der Waals surface area contributed by atoms with Crippen LogP contribution in [0.15, 0.2) is 24.3 Å². The molecule has 0 radical (unpaired) electrons. The molecule has 2 aliphatic rings. The van der Waals surface area contributed by atoms with Gasteiger partial charge < -0.3 is 5.32 Å². The van der Waals surface area contributed by atoms with E-state index in [2.05, 4.69) is 36.5 Å². The molecule has 17 heavy (non-hydrogen) atoms. The Morgan fingerprint density at radius 1 is 1.12 bits per heavy atom. The highest BCUT2D eigenvalue weighted by atomic mass is 14.9. The summed E-state index contributed by atoms with van der Waals surface area (Å²) >= 11 is 0. The maximum absolute atomic E-state index is 3.55. The fraction of sp³-hybridized carbons (Fsp3) is 0.625. The van der Waals surface area contributed by atoms with Crippen molar-refractivity contribution >= 4 is 0 Å². The molecule has 0 spiro atoms. The van der Waals surface area contributed by atoms with Crippen LogP contribution >= 0.6 is 0 Å². The van der Waals surface area contributed by atoms with Crippen molar-refractivity contribution in [2.45, 2.75) is 44.4 Å². The number of hydrogen-bond acceptors (Lipinski definition) is 1. The van der Waals surface area contributed by atoms with Crippen LogP contribution in [0.25, 0.3) is 0 Å². The minimum absolute atomic E-state index is 0.804. The van der Waals surface area contributed by atoms with Crippen LogP contribution in [-0.2, 0) is 0 Å². The lowest BCUT2D eigenvalue weighted by atomic mass is 9.77. The smallest absolute Gasteiger partial charge is 0.00148 e. The third kappa shape index (κ3) is 2.26. The van der Waals surface area contributed by atoms with Gasteiger partial charge in [-0.1, -0.05) is 37.6 Å². The van der Waals surface area contributed by atoms with Gasteiger partial charge in [0, 0.05) is 0 Å². The van der Waals surface area contributed by atoms with Gasteiger partial charge in [-0.05, 0) is 61.2 Å². The second kappa shape index (κ2) is 4.81. The van der Waals surface area contributed by atoms with Crippen LogP contribution in [0.3, 0.4) is 0 Å². The minimum atomic E-state index is 0.804. The Morgan fingerprint density at radius 3 is 2.59 bits per heavy atom. The summed E-state index contributed by atoms with van der Waals surface area (Å²) in [6, 6.07) is 9.23. The van der Waals surface area contributed by atoms with E-state index in [-0.39, 0.29) is 0 Å². The number of benzene rings is 1. The van der Waals surface area contributed by atoms with Gasteiger partial charge in [0.25, 0.3) is 0 Å². The maximum Gasteiger partial charge on any atom is -0.00148 e. The van der Waals surface area contributed by atoms with Crippen LogP contribution in [0.5, 0.6) is 0 Å². The summed E-state index contributed by atoms with van der Waals surface area (Å²) in [7, 11) is 0. The van der Waals surface area contributed by atoms with Crippen molar-refractivity contribution in [1.29, 1.82) is 0 Å². The monoisotopic (exact) mass is 229 g/mol. The first-order chi connectivity index (χ1) is 8.40. The third-order valence-corrected chi connectivity index (χ3v) is 4.54. The second-order valence-corrected chi connectivity index (χ2v) is 5.67. The van der Waals surface area contributed by atoms with E-state index >= 15 is 0 Å². The molecule has 1 heterocycles. The molecule has 2 atom stereocenters. The molecule has 1 aromatic rings. The van der Waals surface area contributed by atoms with Crippen LogP contribution < -0.4 is 5.32 Å². The molecule has 0 amide bonds. The summed E-state index contributed by atoms with van der Waals surface area (Å²) in [5.74, 6) is 2.53.